The standard InChI is InChI=1S/C21H30N4O3.HI/c1-22-21(23-10-14-27-18-8-5-7-17(15-18)26-2)24-16-19(20-9-6-13-28-20)25-11-3-4-12-25;/h5-9,13,15,19H,3-4,10-12,14,16H2,1-2H3,(H2,22,23,24);1H. The van der Waals surface area contributed by atoms with Crippen molar-refractivity contribution in [2.24, 2.45) is 4.99 Å². The van der Waals surface area contributed by atoms with Crippen LogP contribution in [0.25, 0.3) is 0 Å². The zero-order chi connectivity index (χ0) is 19.6. The van der Waals surface area contributed by atoms with Crippen molar-refractivity contribution in [2.75, 3.05) is 46.9 Å². The lowest BCUT2D eigenvalue weighted by atomic mass is 10.2. The normalized spacial score (nSPS) is 15.4. The van der Waals surface area contributed by atoms with E-state index >= 15 is 0 Å². The highest BCUT2D eigenvalue weighted by atomic mass is 127. The summed E-state index contributed by atoms with van der Waals surface area (Å²) in [6.45, 7) is 4.12. The first-order valence-electron chi connectivity index (χ1n) is 9.79. The van der Waals surface area contributed by atoms with Gasteiger partial charge in [-0.15, -0.1) is 24.0 Å². The van der Waals surface area contributed by atoms with Gasteiger partial charge in [0, 0.05) is 19.7 Å². The molecule has 160 valence electrons. The van der Waals surface area contributed by atoms with Gasteiger partial charge in [-0.05, 0) is 50.2 Å². The predicted octanol–water partition coefficient (Wildman–Crippen LogP) is 3.29. The van der Waals surface area contributed by atoms with Crippen molar-refractivity contribution in [2.45, 2.75) is 18.9 Å². The number of guanidine groups is 1. The highest BCUT2D eigenvalue weighted by molar-refractivity contribution is 14.0. The zero-order valence-electron chi connectivity index (χ0n) is 17.1. The van der Waals surface area contributed by atoms with Gasteiger partial charge in [-0.2, -0.15) is 0 Å². The largest absolute Gasteiger partial charge is 0.497 e. The van der Waals surface area contributed by atoms with Gasteiger partial charge in [0.1, 0.15) is 23.9 Å². The molecule has 1 aliphatic heterocycles. The quantitative estimate of drug-likeness (QED) is 0.232. The molecular weight excluding hydrogens is 483 g/mol. The van der Waals surface area contributed by atoms with Gasteiger partial charge in [-0.25, -0.2) is 0 Å². The Morgan fingerprint density at radius 2 is 1.97 bits per heavy atom. The molecule has 2 heterocycles. The fraction of sp³-hybridized carbons (Fsp3) is 0.476. The number of ether oxygens (including phenoxy) is 2. The van der Waals surface area contributed by atoms with Gasteiger partial charge in [0.15, 0.2) is 5.96 Å². The smallest absolute Gasteiger partial charge is 0.191 e. The fourth-order valence-corrected chi connectivity index (χ4v) is 3.39. The van der Waals surface area contributed by atoms with Crippen LogP contribution < -0.4 is 20.1 Å². The van der Waals surface area contributed by atoms with E-state index in [4.69, 9.17) is 13.9 Å². The number of halogens is 1. The summed E-state index contributed by atoms with van der Waals surface area (Å²) in [6.07, 6.45) is 4.22. The van der Waals surface area contributed by atoms with Crippen LogP contribution in [0.2, 0.25) is 0 Å². The maximum atomic E-state index is 5.76. The van der Waals surface area contributed by atoms with Crippen LogP contribution in [0.3, 0.4) is 0 Å². The molecule has 0 bridgehead atoms. The summed E-state index contributed by atoms with van der Waals surface area (Å²) >= 11 is 0. The molecular formula is C21H31IN4O3. The number of rotatable bonds is 9. The Hall–Kier alpha value is -1.94. The van der Waals surface area contributed by atoms with Crippen molar-refractivity contribution < 1.29 is 13.9 Å². The second kappa shape index (κ2) is 12.6. The van der Waals surface area contributed by atoms with E-state index in [0.717, 1.165) is 42.9 Å². The molecule has 0 amide bonds. The molecule has 0 aliphatic carbocycles. The SMILES string of the molecule is CN=C(NCCOc1cccc(OC)c1)NCC(c1ccco1)N1CCCC1.I. The van der Waals surface area contributed by atoms with E-state index in [1.165, 1.54) is 12.8 Å². The molecule has 0 radical (unpaired) electrons. The Labute approximate surface area is 189 Å². The Balaban J connectivity index is 0.00000300. The average molecular weight is 514 g/mol. The molecule has 0 spiro atoms. The third-order valence-corrected chi connectivity index (χ3v) is 4.84. The third-order valence-electron chi connectivity index (χ3n) is 4.84. The highest BCUT2D eigenvalue weighted by Gasteiger charge is 2.25. The summed E-state index contributed by atoms with van der Waals surface area (Å²) < 4.78 is 16.6. The number of nitrogens with one attached hydrogen (secondary N) is 2. The van der Waals surface area contributed by atoms with Crippen molar-refractivity contribution in [3.05, 3.63) is 48.4 Å². The maximum absolute atomic E-state index is 5.76. The van der Waals surface area contributed by atoms with Crippen molar-refractivity contribution >= 4 is 29.9 Å². The molecule has 1 aromatic carbocycles. The summed E-state index contributed by atoms with van der Waals surface area (Å²) in [4.78, 5) is 6.77. The van der Waals surface area contributed by atoms with Crippen LogP contribution in [0.15, 0.2) is 52.1 Å². The number of aliphatic imine (C=N–C) groups is 1. The van der Waals surface area contributed by atoms with Crippen LogP contribution in [0, 0.1) is 0 Å². The average Bonchev–Trinajstić information content (AvgIpc) is 3.44. The van der Waals surface area contributed by atoms with Crippen LogP contribution >= 0.6 is 24.0 Å². The Morgan fingerprint density at radius 3 is 2.66 bits per heavy atom. The molecule has 1 fully saturated rings. The minimum absolute atomic E-state index is 0. The fourth-order valence-electron chi connectivity index (χ4n) is 3.39. The molecule has 2 N–H and O–H groups in total. The van der Waals surface area contributed by atoms with Crippen LogP contribution in [-0.2, 0) is 0 Å². The summed E-state index contributed by atoms with van der Waals surface area (Å²) in [5.41, 5.74) is 0. The van der Waals surface area contributed by atoms with Gasteiger partial charge in [0.25, 0.3) is 0 Å². The second-order valence-electron chi connectivity index (χ2n) is 6.68. The van der Waals surface area contributed by atoms with Gasteiger partial charge in [-0.1, -0.05) is 6.07 Å². The van der Waals surface area contributed by atoms with Gasteiger partial charge < -0.3 is 24.5 Å². The summed E-state index contributed by atoms with van der Waals surface area (Å²) in [5.74, 6) is 3.32. The van der Waals surface area contributed by atoms with Gasteiger partial charge in [-0.3, -0.25) is 9.89 Å². The van der Waals surface area contributed by atoms with Crippen molar-refractivity contribution in [3.63, 3.8) is 0 Å². The Bertz CT molecular complexity index is 733. The maximum Gasteiger partial charge on any atom is 0.191 e. The molecule has 8 heteroatoms. The first-order valence-corrected chi connectivity index (χ1v) is 9.79. The lowest BCUT2D eigenvalue weighted by molar-refractivity contribution is 0.215. The highest BCUT2D eigenvalue weighted by Crippen LogP contribution is 2.24. The van der Waals surface area contributed by atoms with E-state index in [0.29, 0.717) is 13.2 Å². The predicted molar refractivity (Wildman–Crippen MR) is 126 cm³/mol. The van der Waals surface area contributed by atoms with Gasteiger partial charge >= 0.3 is 0 Å². The van der Waals surface area contributed by atoms with Gasteiger partial charge in [0.05, 0.1) is 26.0 Å². The molecule has 0 saturated carbocycles. The third kappa shape index (κ3) is 7.11. The molecule has 1 atom stereocenters. The molecule has 1 aliphatic rings. The number of likely N-dealkylation sites (tertiary alicyclic amines) is 1. The Morgan fingerprint density at radius 1 is 1.17 bits per heavy atom. The lowest BCUT2D eigenvalue weighted by Gasteiger charge is -2.26. The van der Waals surface area contributed by atoms with Gasteiger partial charge in [0.2, 0.25) is 0 Å². The topological polar surface area (TPSA) is 71.3 Å². The van der Waals surface area contributed by atoms with E-state index in [9.17, 15) is 0 Å². The number of hydrogen-bond donors (Lipinski definition) is 2. The van der Waals surface area contributed by atoms with E-state index < -0.39 is 0 Å². The zero-order valence-corrected chi connectivity index (χ0v) is 19.4. The number of nitrogens with zero attached hydrogens (tertiary/aromatic N) is 2. The second-order valence-corrected chi connectivity index (χ2v) is 6.68. The molecule has 2 aromatic rings. The van der Waals surface area contributed by atoms with E-state index in [2.05, 4.69) is 20.5 Å². The monoisotopic (exact) mass is 514 g/mol. The molecule has 7 nitrogen and oxygen atoms in total. The molecule has 29 heavy (non-hydrogen) atoms. The summed E-state index contributed by atoms with van der Waals surface area (Å²) in [7, 11) is 3.42. The number of hydrogen-bond acceptors (Lipinski definition) is 5. The number of methoxy groups -OCH3 is 1. The first kappa shape index (κ1) is 23.3. The van der Waals surface area contributed by atoms with Crippen molar-refractivity contribution in [1.82, 2.24) is 15.5 Å². The molecule has 1 aromatic heterocycles. The number of benzene rings is 1. The number of furan rings is 1. The van der Waals surface area contributed by atoms with E-state index in [-0.39, 0.29) is 30.0 Å². The molecule has 1 saturated heterocycles. The summed E-state index contributed by atoms with van der Waals surface area (Å²) in [6, 6.07) is 11.8. The Kier molecular flexibility index (Phi) is 10.1. The van der Waals surface area contributed by atoms with Crippen LogP contribution in [0.1, 0.15) is 24.6 Å². The molecule has 1 unspecified atom stereocenters. The summed E-state index contributed by atoms with van der Waals surface area (Å²) in [5, 5.41) is 6.71. The lowest BCUT2D eigenvalue weighted by Crippen LogP contribution is -2.43. The van der Waals surface area contributed by atoms with E-state index in [1.54, 1.807) is 20.4 Å². The molecule has 3 rings (SSSR count). The first-order chi connectivity index (χ1) is 13.8. The van der Waals surface area contributed by atoms with Crippen LogP contribution in [0.5, 0.6) is 11.5 Å². The minimum atomic E-state index is 0. The minimum Gasteiger partial charge on any atom is -0.497 e. The van der Waals surface area contributed by atoms with Crippen LogP contribution in [0.4, 0.5) is 0 Å². The van der Waals surface area contributed by atoms with Crippen molar-refractivity contribution in [1.29, 1.82) is 0 Å². The van der Waals surface area contributed by atoms with Crippen LogP contribution in [-0.4, -0.2) is 57.8 Å². The van der Waals surface area contributed by atoms with E-state index in [1.807, 2.05) is 36.4 Å². The van der Waals surface area contributed by atoms with Crippen molar-refractivity contribution in [3.8, 4) is 11.5 Å².